The van der Waals surface area contributed by atoms with Crippen LogP contribution in [-0.2, 0) is 24.8 Å². The van der Waals surface area contributed by atoms with Crippen molar-refractivity contribution in [3.05, 3.63) is 63.1 Å². The molecular weight excluding hydrogens is 498 g/mol. The maximum absolute atomic E-state index is 13.4. The Morgan fingerprint density at radius 3 is 2.79 bits per heavy atom. The first-order chi connectivity index (χ1) is 18.4. The number of carbonyl (C=O) groups is 1. The number of carbonyl (C=O) groups excluding carboxylic acids is 1. The molecule has 3 aromatic heterocycles. The molecule has 1 atom stereocenters. The summed E-state index contributed by atoms with van der Waals surface area (Å²) in [4.78, 5) is 41.2. The number of nitrogens with zero attached hydrogens (tertiary/aromatic N) is 5. The fraction of sp³-hybridized carbons (Fsp3) is 0.464. The molecule has 1 fully saturated rings. The zero-order valence-corrected chi connectivity index (χ0v) is 23.3. The van der Waals surface area contributed by atoms with Gasteiger partial charge in [0, 0.05) is 44.0 Å². The maximum Gasteiger partial charge on any atom is 0.277 e. The Morgan fingerprint density at radius 2 is 2.08 bits per heavy atom. The van der Waals surface area contributed by atoms with Gasteiger partial charge in [0.15, 0.2) is 0 Å². The topological polar surface area (TPSA) is 106 Å². The van der Waals surface area contributed by atoms with Crippen LogP contribution in [0.3, 0.4) is 0 Å². The average molecular weight is 534 g/mol. The third-order valence-corrected chi connectivity index (χ3v) is 8.98. The second kappa shape index (κ2) is 11.1. The maximum atomic E-state index is 13.4. The summed E-state index contributed by atoms with van der Waals surface area (Å²) in [5, 5.41) is 8.23. The molecule has 0 aromatic carbocycles. The molecule has 200 valence electrons. The van der Waals surface area contributed by atoms with Crippen molar-refractivity contribution >= 4 is 39.3 Å². The zero-order chi connectivity index (χ0) is 26.8. The Hall–Kier alpha value is -3.40. The minimum Gasteiger partial charge on any atom is -0.373 e. The quantitative estimate of drug-likeness (QED) is 0.315. The van der Waals surface area contributed by atoms with Crippen molar-refractivity contribution in [1.82, 2.24) is 24.4 Å². The predicted octanol–water partition coefficient (Wildman–Crippen LogP) is 4.20. The van der Waals surface area contributed by atoms with Crippen molar-refractivity contribution < 1.29 is 4.79 Å². The summed E-state index contributed by atoms with van der Waals surface area (Å²) in [6.45, 7) is 5.19. The van der Waals surface area contributed by atoms with Gasteiger partial charge in [-0.15, -0.1) is 0 Å². The van der Waals surface area contributed by atoms with E-state index < -0.39 is 6.04 Å². The van der Waals surface area contributed by atoms with Gasteiger partial charge in [0.2, 0.25) is 5.91 Å². The van der Waals surface area contributed by atoms with Gasteiger partial charge in [-0.3, -0.25) is 24.1 Å². The van der Waals surface area contributed by atoms with Gasteiger partial charge < -0.3 is 15.2 Å². The van der Waals surface area contributed by atoms with Crippen LogP contribution in [0, 0.1) is 5.92 Å². The molecule has 4 heterocycles. The van der Waals surface area contributed by atoms with Crippen LogP contribution in [0.1, 0.15) is 57.1 Å². The van der Waals surface area contributed by atoms with E-state index in [1.807, 2.05) is 29.9 Å². The molecule has 10 heteroatoms. The molecule has 38 heavy (non-hydrogen) atoms. The van der Waals surface area contributed by atoms with Crippen LogP contribution < -0.4 is 16.2 Å². The minimum absolute atomic E-state index is 0.172. The number of rotatable bonds is 9. The highest BCUT2D eigenvalue weighted by atomic mass is 32.2. The summed E-state index contributed by atoms with van der Waals surface area (Å²) in [7, 11) is 3.76. The number of amides is 1. The number of aliphatic imine (C=N–C) groups is 1. The minimum atomic E-state index is -0.576. The standard InChI is InChI=1S/C28H35N7O2S/c1-5-17(2)26(18-6-7-18)38-25(29-3)16-31-21-15-32-24-9-8-23(35(24)28(21)37)27(36)33-14-20-12-19-13-30-11-10-22(19)34(20)4/h10-13,15,18,23,31H,5-9,14,16H2,1-4H3,(H,33,36). The number of thioether (sulfide) groups is 1. The van der Waals surface area contributed by atoms with E-state index in [-0.39, 0.29) is 11.5 Å². The predicted molar refractivity (Wildman–Crippen MR) is 154 cm³/mol. The molecule has 0 bridgehead atoms. The first kappa shape index (κ1) is 26.2. The lowest BCUT2D eigenvalue weighted by Gasteiger charge is -2.16. The molecule has 3 aromatic rings. The second-order valence-electron chi connectivity index (χ2n) is 10.0. The lowest BCUT2D eigenvalue weighted by molar-refractivity contribution is -0.124. The van der Waals surface area contributed by atoms with Crippen LogP contribution in [0.15, 0.2) is 51.0 Å². The van der Waals surface area contributed by atoms with E-state index in [0.717, 1.165) is 28.1 Å². The molecule has 0 spiro atoms. The molecule has 1 aliphatic heterocycles. The van der Waals surface area contributed by atoms with Gasteiger partial charge >= 0.3 is 0 Å². The number of anilines is 1. The van der Waals surface area contributed by atoms with E-state index in [0.29, 0.717) is 43.4 Å². The summed E-state index contributed by atoms with van der Waals surface area (Å²) >= 11 is 1.72. The molecule has 2 N–H and O–H groups in total. The molecule has 1 saturated carbocycles. The van der Waals surface area contributed by atoms with Gasteiger partial charge in [0.25, 0.3) is 5.56 Å². The number of pyridine rings is 1. The Labute approximate surface area is 226 Å². The second-order valence-corrected chi connectivity index (χ2v) is 11.1. The number of allylic oxidation sites excluding steroid dienone is 2. The van der Waals surface area contributed by atoms with Crippen molar-refractivity contribution in [2.75, 3.05) is 18.9 Å². The lowest BCUT2D eigenvalue weighted by atomic mass is 10.2. The Kier molecular flexibility index (Phi) is 7.69. The van der Waals surface area contributed by atoms with Crippen molar-refractivity contribution in [2.45, 2.75) is 58.5 Å². The molecule has 2 aliphatic rings. The largest absolute Gasteiger partial charge is 0.373 e. The number of aromatic nitrogens is 4. The van der Waals surface area contributed by atoms with Crippen molar-refractivity contribution in [1.29, 1.82) is 0 Å². The summed E-state index contributed by atoms with van der Waals surface area (Å²) in [5.41, 5.74) is 3.62. The Balaban J connectivity index is 1.27. The van der Waals surface area contributed by atoms with E-state index >= 15 is 0 Å². The summed E-state index contributed by atoms with van der Waals surface area (Å²) in [6, 6.07) is 3.40. The van der Waals surface area contributed by atoms with E-state index in [1.165, 1.54) is 23.3 Å². The fourth-order valence-corrected chi connectivity index (χ4v) is 6.19. The lowest BCUT2D eigenvalue weighted by Crippen LogP contribution is -2.36. The number of nitrogens with one attached hydrogen (secondary N) is 2. The van der Waals surface area contributed by atoms with Crippen LogP contribution >= 0.6 is 11.8 Å². The highest BCUT2D eigenvalue weighted by Crippen LogP contribution is 2.44. The third kappa shape index (κ3) is 5.27. The van der Waals surface area contributed by atoms with E-state index in [9.17, 15) is 9.59 Å². The van der Waals surface area contributed by atoms with Gasteiger partial charge in [-0.1, -0.05) is 24.3 Å². The van der Waals surface area contributed by atoms with Crippen LogP contribution in [0.25, 0.3) is 10.9 Å². The summed E-state index contributed by atoms with van der Waals surface area (Å²) in [6.07, 6.45) is 9.81. The Bertz CT molecular complexity index is 1480. The first-order valence-electron chi connectivity index (χ1n) is 13.2. The van der Waals surface area contributed by atoms with Gasteiger partial charge in [-0.25, -0.2) is 4.98 Å². The molecule has 1 amide bonds. The highest BCUT2D eigenvalue weighted by molar-refractivity contribution is 8.17. The van der Waals surface area contributed by atoms with E-state index in [2.05, 4.69) is 39.4 Å². The van der Waals surface area contributed by atoms with Gasteiger partial charge in [-0.05, 0) is 55.6 Å². The molecule has 5 rings (SSSR count). The van der Waals surface area contributed by atoms with Crippen molar-refractivity contribution in [3.63, 3.8) is 0 Å². The zero-order valence-electron chi connectivity index (χ0n) is 22.5. The monoisotopic (exact) mass is 533 g/mol. The highest BCUT2D eigenvalue weighted by Gasteiger charge is 2.32. The van der Waals surface area contributed by atoms with Crippen LogP contribution in [0.2, 0.25) is 0 Å². The van der Waals surface area contributed by atoms with Crippen molar-refractivity contribution in [3.8, 4) is 0 Å². The normalized spacial score (nSPS) is 17.9. The van der Waals surface area contributed by atoms with Crippen LogP contribution in [0.4, 0.5) is 5.69 Å². The summed E-state index contributed by atoms with van der Waals surface area (Å²) < 4.78 is 3.60. The fourth-order valence-electron chi connectivity index (χ4n) is 4.98. The van der Waals surface area contributed by atoms with Gasteiger partial charge in [0.1, 0.15) is 17.6 Å². The number of hydrogen-bond acceptors (Lipinski definition) is 7. The number of aryl methyl sites for hydroxylation is 2. The number of hydrogen-bond donors (Lipinski definition) is 2. The number of fused-ring (bicyclic) bond motifs is 2. The van der Waals surface area contributed by atoms with E-state index in [1.54, 1.807) is 35.8 Å². The molecule has 1 aliphatic carbocycles. The van der Waals surface area contributed by atoms with Crippen molar-refractivity contribution in [2.24, 2.45) is 18.0 Å². The van der Waals surface area contributed by atoms with Crippen LogP contribution in [-0.4, -0.2) is 43.6 Å². The van der Waals surface area contributed by atoms with E-state index in [4.69, 9.17) is 0 Å². The molecule has 0 radical (unpaired) electrons. The smallest absolute Gasteiger partial charge is 0.277 e. The Morgan fingerprint density at radius 1 is 1.26 bits per heavy atom. The third-order valence-electron chi connectivity index (χ3n) is 7.52. The molecule has 0 saturated heterocycles. The average Bonchev–Trinajstić information content (AvgIpc) is 3.60. The molecule has 9 nitrogen and oxygen atoms in total. The SMILES string of the molecule is CCC(C)=C(SC(CNc1cnc2n(c1=O)C(C(=O)NCc1cc3cnccc3n1C)CC2)=NC)C1CC1. The van der Waals surface area contributed by atoms with Crippen LogP contribution in [0.5, 0.6) is 0 Å². The summed E-state index contributed by atoms with van der Waals surface area (Å²) in [5.74, 6) is 1.12. The van der Waals surface area contributed by atoms with Gasteiger partial charge in [0.05, 0.1) is 29.8 Å². The first-order valence-corrected chi connectivity index (χ1v) is 14.1. The molecular formula is C28H35N7O2S. The van der Waals surface area contributed by atoms with Gasteiger partial charge in [-0.2, -0.15) is 0 Å². The molecule has 1 unspecified atom stereocenters.